The van der Waals surface area contributed by atoms with Gasteiger partial charge < -0.3 is 0 Å². The van der Waals surface area contributed by atoms with Crippen molar-refractivity contribution in [1.82, 2.24) is 0 Å². The summed E-state index contributed by atoms with van der Waals surface area (Å²) in [6.45, 7) is 3.71. The van der Waals surface area contributed by atoms with Gasteiger partial charge in [-0.2, -0.15) is 0 Å². The van der Waals surface area contributed by atoms with E-state index in [9.17, 15) is 8.42 Å². The molecular formula is C10H16O2S. The van der Waals surface area contributed by atoms with Gasteiger partial charge >= 0.3 is 0 Å². The molecule has 2 aliphatic rings. The Labute approximate surface area is 79.9 Å². The number of hydrogen-bond donors (Lipinski definition) is 0. The van der Waals surface area contributed by atoms with Gasteiger partial charge in [-0.05, 0) is 26.7 Å². The van der Waals surface area contributed by atoms with Crippen molar-refractivity contribution < 1.29 is 8.42 Å². The lowest BCUT2D eigenvalue weighted by atomic mass is 9.93. The van der Waals surface area contributed by atoms with Crippen molar-refractivity contribution in [1.29, 1.82) is 0 Å². The third kappa shape index (κ3) is 0.967. The Balaban J connectivity index is 2.61. The number of sulfone groups is 1. The van der Waals surface area contributed by atoms with E-state index in [4.69, 9.17) is 0 Å². The molecule has 0 aromatic heterocycles. The van der Waals surface area contributed by atoms with Crippen molar-refractivity contribution in [2.75, 3.05) is 0 Å². The minimum Gasteiger partial charge on any atom is -0.227 e. The van der Waals surface area contributed by atoms with Crippen molar-refractivity contribution in [3.8, 4) is 0 Å². The lowest BCUT2D eigenvalue weighted by molar-refractivity contribution is 0.545. The molecule has 0 saturated carbocycles. The molecule has 0 unspecified atom stereocenters. The molecule has 0 aromatic rings. The first-order valence-corrected chi connectivity index (χ1v) is 6.34. The van der Waals surface area contributed by atoms with Gasteiger partial charge in [0, 0.05) is 0 Å². The highest BCUT2D eigenvalue weighted by Crippen LogP contribution is 2.46. The monoisotopic (exact) mass is 200 g/mol. The van der Waals surface area contributed by atoms with E-state index in [2.05, 4.69) is 0 Å². The lowest BCUT2D eigenvalue weighted by Crippen LogP contribution is -2.39. The molecule has 2 aliphatic heterocycles. The Morgan fingerprint density at radius 2 is 1.38 bits per heavy atom. The largest absolute Gasteiger partial charge is 0.227 e. The van der Waals surface area contributed by atoms with Crippen LogP contribution >= 0.6 is 0 Å². The second-order valence-electron chi connectivity index (χ2n) is 4.67. The zero-order valence-corrected chi connectivity index (χ0v) is 9.02. The van der Waals surface area contributed by atoms with Crippen LogP contribution in [-0.4, -0.2) is 17.9 Å². The molecule has 1 saturated heterocycles. The maximum absolute atomic E-state index is 12.2. The van der Waals surface area contributed by atoms with Crippen LogP contribution in [0.25, 0.3) is 0 Å². The highest BCUT2D eigenvalue weighted by Gasteiger charge is 2.53. The minimum atomic E-state index is -2.98. The molecular weight excluding hydrogens is 184 g/mol. The molecule has 2 rings (SSSR count). The predicted octanol–water partition coefficient (Wildman–Crippen LogP) is 2.06. The average molecular weight is 200 g/mol. The van der Waals surface area contributed by atoms with Gasteiger partial charge in [0.25, 0.3) is 0 Å². The Morgan fingerprint density at radius 1 is 1.00 bits per heavy atom. The van der Waals surface area contributed by atoms with Crippen LogP contribution in [0.1, 0.15) is 39.5 Å². The van der Waals surface area contributed by atoms with Gasteiger partial charge in [-0.25, -0.2) is 8.42 Å². The van der Waals surface area contributed by atoms with Crippen molar-refractivity contribution in [3.05, 3.63) is 12.2 Å². The summed E-state index contributed by atoms with van der Waals surface area (Å²) in [5, 5.41) is 0. The van der Waals surface area contributed by atoms with Crippen LogP contribution < -0.4 is 0 Å². The fourth-order valence-electron chi connectivity index (χ4n) is 2.45. The van der Waals surface area contributed by atoms with Crippen molar-refractivity contribution in [2.24, 2.45) is 0 Å². The van der Waals surface area contributed by atoms with E-state index in [1.165, 1.54) is 0 Å². The zero-order valence-electron chi connectivity index (χ0n) is 8.21. The molecule has 3 heteroatoms. The van der Waals surface area contributed by atoms with Crippen molar-refractivity contribution >= 4 is 9.84 Å². The van der Waals surface area contributed by atoms with E-state index in [0.717, 1.165) is 25.7 Å². The maximum atomic E-state index is 12.2. The summed E-state index contributed by atoms with van der Waals surface area (Å²) < 4.78 is 23.2. The summed E-state index contributed by atoms with van der Waals surface area (Å²) in [6, 6.07) is 0. The number of fused-ring (bicyclic) bond motifs is 2. The second-order valence-corrected chi connectivity index (χ2v) is 7.54. The first-order chi connectivity index (χ1) is 5.91. The third-order valence-corrected chi connectivity index (χ3v) is 6.75. The molecule has 2 heterocycles. The molecule has 1 fully saturated rings. The van der Waals surface area contributed by atoms with E-state index < -0.39 is 19.3 Å². The molecule has 0 spiro atoms. The second kappa shape index (κ2) is 2.38. The molecule has 2 atom stereocenters. The summed E-state index contributed by atoms with van der Waals surface area (Å²) in [7, 11) is -2.98. The Morgan fingerprint density at radius 3 is 1.77 bits per heavy atom. The molecule has 0 N–H and O–H groups in total. The summed E-state index contributed by atoms with van der Waals surface area (Å²) in [6.07, 6.45) is 7.47. The quantitative estimate of drug-likeness (QED) is 0.561. The SMILES string of the molecule is C[C@]12C=C[C@@](C)(CCCC1)S2(=O)=O. The lowest BCUT2D eigenvalue weighted by Gasteiger charge is -2.26. The van der Waals surface area contributed by atoms with Crippen LogP contribution in [-0.2, 0) is 9.84 Å². The molecule has 0 aromatic carbocycles. The summed E-state index contributed by atoms with van der Waals surface area (Å²) >= 11 is 0. The summed E-state index contributed by atoms with van der Waals surface area (Å²) in [5.41, 5.74) is 0. The fourth-order valence-corrected chi connectivity index (χ4v) is 4.84. The molecule has 74 valence electrons. The van der Waals surface area contributed by atoms with Gasteiger partial charge in [0.05, 0.1) is 9.49 Å². The van der Waals surface area contributed by atoms with E-state index in [-0.39, 0.29) is 0 Å². The van der Waals surface area contributed by atoms with Gasteiger partial charge in [0.1, 0.15) is 0 Å². The smallest absolute Gasteiger partial charge is 0.168 e. The molecule has 0 amide bonds. The highest BCUT2D eigenvalue weighted by molar-refractivity contribution is 7.94. The first kappa shape index (κ1) is 9.25. The van der Waals surface area contributed by atoms with Crippen LogP contribution in [0.3, 0.4) is 0 Å². The predicted molar refractivity (Wildman–Crippen MR) is 53.3 cm³/mol. The third-order valence-electron chi connectivity index (χ3n) is 3.61. The molecule has 2 nitrogen and oxygen atoms in total. The highest BCUT2D eigenvalue weighted by atomic mass is 32.2. The van der Waals surface area contributed by atoms with Crippen LogP contribution in [0.15, 0.2) is 12.2 Å². The first-order valence-electron chi connectivity index (χ1n) is 4.86. The van der Waals surface area contributed by atoms with E-state index >= 15 is 0 Å². The molecule has 0 aliphatic carbocycles. The normalized spacial score (nSPS) is 47.5. The Bertz CT molecular complexity index is 327. The van der Waals surface area contributed by atoms with Gasteiger partial charge in [0.2, 0.25) is 0 Å². The number of rotatable bonds is 0. The Hall–Kier alpha value is -0.310. The van der Waals surface area contributed by atoms with E-state index in [1.807, 2.05) is 26.0 Å². The van der Waals surface area contributed by atoms with Crippen LogP contribution in [0.2, 0.25) is 0 Å². The van der Waals surface area contributed by atoms with Crippen LogP contribution in [0.4, 0.5) is 0 Å². The van der Waals surface area contributed by atoms with Crippen LogP contribution in [0.5, 0.6) is 0 Å². The van der Waals surface area contributed by atoms with Gasteiger partial charge in [-0.15, -0.1) is 0 Å². The zero-order chi connectivity index (χ0) is 9.74. The van der Waals surface area contributed by atoms with E-state index in [0.29, 0.717) is 0 Å². The Kier molecular flexibility index (Phi) is 1.69. The number of hydrogen-bond acceptors (Lipinski definition) is 2. The fraction of sp³-hybridized carbons (Fsp3) is 0.800. The average Bonchev–Trinajstić information content (AvgIpc) is 2.15. The van der Waals surface area contributed by atoms with Gasteiger partial charge in [-0.3, -0.25) is 0 Å². The van der Waals surface area contributed by atoms with Gasteiger partial charge in [-0.1, -0.05) is 25.0 Å². The minimum absolute atomic E-state index is 0.571. The summed E-state index contributed by atoms with van der Waals surface area (Å²) in [5.74, 6) is 0. The topological polar surface area (TPSA) is 34.1 Å². The van der Waals surface area contributed by atoms with Crippen LogP contribution in [0, 0.1) is 0 Å². The van der Waals surface area contributed by atoms with Gasteiger partial charge in [0.15, 0.2) is 9.84 Å². The van der Waals surface area contributed by atoms with Crippen molar-refractivity contribution in [3.63, 3.8) is 0 Å². The molecule has 13 heavy (non-hydrogen) atoms. The maximum Gasteiger partial charge on any atom is 0.168 e. The molecule has 2 bridgehead atoms. The molecule has 0 radical (unpaired) electrons. The van der Waals surface area contributed by atoms with E-state index in [1.54, 1.807) is 0 Å². The summed E-state index contributed by atoms with van der Waals surface area (Å²) in [4.78, 5) is 0. The standard InChI is InChI=1S/C10H16O2S/c1-9-5-3-4-6-10(2,8-7-9)13(9,11)12/h7-8H,3-6H2,1-2H3/t9-,10-/m1/s1. The van der Waals surface area contributed by atoms with Crippen molar-refractivity contribution in [2.45, 2.75) is 49.0 Å².